The zero-order valence-corrected chi connectivity index (χ0v) is 10.5. The van der Waals surface area contributed by atoms with E-state index in [4.69, 9.17) is 5.73 Å². The second kappa shape index (κ2) is 6.20. The second-order valence-corrected chi connectivity index (χ2v) is 3.97. The Morgan fingerprint density at radius 1 is 1.39 bits per heavy atom. The Morgan fingerprint density at radius 3 is 2.72 bits per heavy atom. The summed E-state index contributed by atoms with van der Waals surface area (Å²) in [5.41, 5.74) is 5.67. The molecule has 0 aliphatic heterocycles. The van der Waals surface area contributed by atoms with Gasteiger partial charge < -0.3 is 16.4 Å². The van der Waals surface area contributed by atoms with E-state index in [0.717, 1.165) is 12.8 Å². The van der Waals surface area contributed by atoms with Crippen LogP contribution in [0.25, 0.3) is 0 Å². The number of aromatic nitrogens is 1. The largest absolute Gasteiger partial charge is 0.384 e. The van der Waals surface area contributed by atoms with E-state index in [9.17, 15) is 9.59 Å². The van der Waals surface area contributed by atoms with Crippen LogP contribution in [0.4, 0.5) is 5.82 Å². The van der Waals surface area contributed by atoms with Gasteiger partial charge in [0.05, 0.1) is 6.54 Å². The Bertz CT molecular complexity index is 448. The number of carbonyl (C=O) groups is 2. The lowest BCUT2D eigenvalue weighted by Gasteiger charge is -2.05. The minimum atomic E-state index is -0.400. The Morgan fingerprint density at radius 2 is 2.11 bits per heavy atom. The molecule has 1 heterocycles. The highest BCUT2D eigenvalue weighted by atomic mass is 35.5. The third kappa shape index (κ3) is 4.21. The molecular formula is C11H15ClN4O2. The molecule has 2 amide bonds. The molecule has 6 nitrogen and oxygen atoms in total. The number of pyridine rings is 1. The number of nitrogens with one attached hydrogen (secondary N) is 2. The number of hydrogen-bond donors (Lipinski definition) is 3. The summed E-state index contributed by atoms with van der Waals surface area (Å²) in [6.45, 7) is -0.0359. The van der Waals surface area contributed by atoms with Crippen LogP contribution in [-0.4, -0.2) is 29.4 Å². The first-order valence-electron chi connectivity index (χ1n) is 5.45. The van der Waals surface area contributed by atoms with Crippen LogP contribution in [0.2, 0.25) is 0 Å². The Labute approximate surface area is 111 Å². The minimum absolute atomic E-state index is 0. The lowest BCUT2D eigenvalue weighted by molar-refractivity contribution is -0.120. The maximum atomic E-state index is 11.6. The predicted octanol–water partition coefficient (Wildman–Crippen LogP) is 0.0940. The van der Waals surface area contributed by atoms with Gasteiger partial charge in [-0.25, -0.2) is 4.98 Å². The summed E-state index contributed by atoms with van der Waals surface area (Å²) in [7, 11) is 0. The van der Waals surface area contributed by atoms with Crippen LogP contribution >= 0.6 is 12.4 Å². The molecule has 0 radical (unpaired) electrons. The lowest BCUT2D eigenvalue weighted by Crippen LogP contribution is -2.38. The first-order valence-corrected chi connectivity index (χ1v) is 5.45. The van der Waals surface area contributed by atoms with Gasteiger partial charge in [-0.3, -0.25) is 9.59 Å². The molecule has 1 aliphatic carbocycles. The van der Waals surface area contributed by atoms with Gasteiger partial charge in [0.1, 0.15) is 11.5 Å². The molecule has 0 saturated heterocycles. The number of halogens is 1. The zero-order valence-electron chi connectivity index (χ0n) is 9.68. The highest BCUT2D eigenvalue weighted by molar-refractivity contribution is 5.95. The van der Waals surface area contributed by atoms with Gasteiger partial charge in [0, 0.05) is 6.04 Å². The molecule has 4 N–H and O–H groups in total. The summed E-state index contributed by atoms with van der Waals surface area (Å²) in [6, 6.07) is 5.08. The summed E-state index contributed by atoms with van der Waals surface area (Å²) in [5, 5.41) is 5.26. The normalized spacial score (nSPS) is 13.3. The number of nitrogen functional groups attached to an aromatic ring is 1. The maximum absolute atomic E-state index is 11.6. The van der Waals surface area contributed by atoms with Crippen LogP contribution in [0, 0.1) is 0 Å². The van der Waals surface area contributed by atoms with Crippen molar-refractivity contribution in [3.05, 3.63) is 23.9 Å². The van der Waals surface area contributed by atoms with E-state index >= 15 is 0 Å². The number of hydrogen-bond acceptors (Lipinski definition) is 4. The summed E-state index contributed by atoms with van der Waals surface area (Å²) in [6.07, 6.45) is 2.05. The van der Waals surface area contributed by atoms with Crippen molar-refractivity contribution in [2.75, 3.05) is 12.3 Å². The molecule has 0 aromatic carbocycles. The molecule has 0 atom stereocenters. The third-order valence-electron chi connectivity index (χ3n) is 2.36. The fourth-order valence-electron chi connectivity index (χ4n) is 1.34. The van der Waals surface area contributed by atoms with Crippen molar-refractivity contribution in [2.45, 2.75) is 18.9 Å². The van der Waals surface area contributed by atoms with Gasteiger partial charge in [0.2, 0.25) is 5.91 Å². The number of nitrogens with zero attached hydrogens (tertiary/aromatic N) is 1. The smallest absolute Gasteiger partial charge is 0.270 e. The van der Waals surface area contributed by atoms with Crippen molar-refractivity contribution < 1.29 is 9.59 Å². The van der Waals surface area contributed by atoms with Crippen LogP contribution in [0.5, 0.6) is 0 Å². The van der Waals surface area contributed by atoms with E-state index in [0.29, 0.717) is 6.04 Å². The number of carbonyl (C=O) groups excluding carboxylic acids is 2. The molecular weight excluding hydrogens is 256 g/mol. The molecule has 7 heteroatoms. The summed E-state index contributed by atoms with van der Waals surface area (Å²) in [4.78, 5) is 26.8. The van der Waals surface area contributed by atoms with E-state index in [1.54, 1.807) is 18.2 Å². The van der Waals surface area contributed by atoms with Gasteiger partial charge in [-0.15, -0.1) is 12.4 Å². The molecule has 1 aromatic heterocycles. The van der Waals surface area contributed by atoms with Crippen molar-refractivity contribution in [1.82, 2.24) is 15.6 Å². The van der Waals surface area contributed by atoms with Crippen LogP contribution in [-0.2, 0) is 4.79 Å². The molecule has 0 bridgehead atoms. The van der Waals surface area contributed by atoms with Crippen LogP contribution in [0.3, 0.4) is 0 Å². The van der Waals surface area contributed by atoms with Crippen molar-refractivity contribution >= 4 is 30.0 Å². The Balaban J connectivity index is 0.00000162. The Kier molecular flexibility index (Phi) is 4.91. The molecule has 1 aromatic rings. The molecule has 1 aliphatic rings. The van der Waals surface area contributed by atoms with Gasteiger partial charge in [-0.05, 0) is 25.0 Å². The highest BCUT2D eigenvalue weighted by Crippen LogP contribution is 2.18. The minimum Gasteiger partial charge on any atom is -0.384 e. The average molecular weight is 271 g/mol. The van der Waals surface area contributed by atoms with Crippen molar-refractivity contribution in [3.8, 4) is 0 Å². The van der Waals surface area contributed by atoms with Crippen molar-refractivity contribution in [2.24, 2.45) is 0 Å². The first kappa shape index (κ1) is 14.2. The summed E-state index contributed by atoms with van der Waals surface area (Å²) >= 11 is 0. The van der Waals surface area contributed by atoms with Crippen molar-refractivity contribution in [1.29, 1.82) is 0 Å². The molecule has 2 rings (SSSR count). The van der Waals surface area contributed by atoms with Gasteiger partial charge in [0.15, 0.2) is 0 Å². The quantitative estimate of drug-likeness (QED) is 0.722. The van der Waals surface area contributed by atoms with Gasteiger partial charge in [-0.1, -0.05) is 6.07 Å². The second-order valence-electron chi connectivity index (χ2n) is 3.97. The monoisotopic (exact) mass is 270 g/mol. The summed E-state index contributed by atoms with van der Waals surface area (Å²) < 4.78 is 0. The summed E-state index contributed by atoms with van der Waals surface area (Å²) in [5.74, 6) is -0.298. The average Bonchev–Trinajstić information content (AvgIpc) is 3.10. The number of rotatable bonds is 4. The molecule has 1 saturated carbocycles. The standard InChI is InChI=1S/C11H14N4O2.ClH/c12-9-3-1-2-8(15-9)11(17)13-6-10(16)14-7-4-5-7;/h1-3,7H,4-6H2,(H2,12,15)(H,13,17)(H,14,16);1H. The molecule has 98 valence electrons. The van der Waals surface area contributed by atoms with E-state index in [-0.39, 0.29) is 36.4 Å². The van der Waals surface area contributed by atoms with E-state index < -0.39 is 5.91 Å². The van der Waals surface area contributed by atoms with Gasteiger partial charge in [0.25, 0.3) is 5.91 Å². The van der Waals surface area contributed by atoms with Gasteiger partial charge in [-0.2, -0.15) is 0 Å². The van der Waals surface area contributed by atoms with Crippen molar-refractivity contribution in [3.63, 3.8) is 0 Å². The third-order valence-corrected chi connectivity index (χ3v) is 2.36. The van der Waals surface area contributed by atoms with E-state index in [2.05, 4.69) is 15.6 Å². The molecule has 18 heavy (non-hydrogen) atoms. The fourth-order valence-corrected chi connectivity index (χ4v) is 1.34. The maximum Gasteiger partial charge on any atom is 0.270 e. The zero-order chi connectivity index (χ0) is 12.3. The van der Waals surface area contributed by atoms with Crippen LogP contribution < -0.4 is 16.4 Å². The topological polar surface area (TPSA) is 97.1 Å². The van der Waals surface area contributed by atoms with Crippen LogP contribution in [0.1, 0.15) is 23.3 Å². The fraction of sp³-hybridized carbons (Fsp3) is 0.364. The molecule has 0 spiro atoms. The number of anilines is 1. The van der Waals surface area contributed by atoms with E-state index in [1.165, 1.54) is 0 Å². The number of nitrogens with two attached hydrogens (primary N) is 1. The molecule has 1 fully saturated rings. The van der Waals surface area contributed by atoms with E-state index in [1.807, 2.05) is 0 Å². The Hall–Kier alpha value is -1.82. The highest BCUT2D eigenvalue weighted by Gasteiger charge is 2.23. The predicted molar refractivity (Wildman–Crippen MR) is 69.4 cm³/mol. The molecule has 0 unspecified atom stereocenters. The first-order chi connectivity index (χ1) is 8.15. The number of amides is 2. The lowest BCUT2D eigenvalue weighted by atomic mass is 10.3. The SMILES string of the molecule is Cl.Nc1cccc(C(=O)NCC(=O)NC2CC2)n1. The van der Waals surface area contributed by atoms with Crippen LogP contribution in [0.15, 0.2) is 18.2 Å². The van der Waals surface area contributed by atoms with Gasteiger partial charge >= 0.3 is 0 Å².